The Morgan fingerprint density at radius 3 is 1.85 bits per heavy atom. The topological polar surface area (TPSA) is 31.2 Å². The standard InChI is InChI=1S/C31H25NO2/c1-5-10-24(34-31(33)20(2)3)19-21(4)32-27-17-15-22-11-6-8-13-25(22)29(27)30-26-14-9-7-12-23(26)16-18-28(30)32/h5-19H,1-2H2,3-4H3/b21-19+,24-10+. The quantitative estimate of drug-likeness (QED) is 0.119. The van der Waals surface area contributed by atoms with E-state index in [0.29, 0.717) is 11.3 Å². The molecule has 0 unspecified atom stereocenters. The van der Waals surface area contributed by atoms with E-state index in [1.165, 1.54) is 32.3 Å². The molecule has 0 N–H and O–H groups in total. The van der Waals surface area contributed by atoms with E-state index in [9.17, 15) is 4.79 Å². The predicted octanol–water partition coefficient (Wildman–Crippen LogP) is 8.15. The van der Waals surface area contributed by atoms with E-state index >= 15 is 0 Å². The van der Waals surface area contributed by atoms with Gasteiger partial charge in [-0.25, -0.2) is 4.79 Å². The van der Waals surface area contributed by atoms with Gasteiger partial charge in [0, 0.05) is 28.1 Å². The maximum atomic E-state index is 12.2. The van der Waals surface area contributed by atoms with Crippen LogP contribution >= 0.6 is 0 Å². The number of carbonyl (C=O) groups is 1. The molecule has 5 rings (SSSR count). The SMILES string of the molecule is C=C/C=C(\C=C(/C)n1c2ccc3ccccc3c2c2c3ccccc3ccc21)OC(=O)C(=C)C. The molecule has 4 aromatic carbocycles. The molecule has 0 saturated carbocycles. The number of aromatic nitrogens is 1. The zero-order chi connectivity index (χ0) is 23.8. The minimum Gasteiger partial charge on any atom is -0.423 e. The van der Waals surface area contributed by atoms with E-state index in [2.05, 4.69) is 90.5 Å². The van der Waals surface area contributed by atoms with Gasteiger partial charge in [0.05, 0.1) is 11.0 Å². The minimum absolute atomic E-state index is 0.343. The molecule has 0 aliphatic rings. The number of carbonyl (C=O) groups excluding carboxylic acids is 1. The normalized spacial score (nSPS) is 12.5. The molecule has 0 aliphatic heterocycles. The van der Waals surface area contributed by atoms with Crippen LogP contribution < -0.4 is 0 Å². The van der Waals surface area contributed by atoms with Crippen molar-refractivity contribution in [3.63, 3.8) is 0 Å². The van der Waals surface area contributed by atoms with E-state index in [1.807, 2.05) is 13.0 Å². The van der Waals surface area contributed by atoms with Crippen molar-refractivity contribution >= 4 is 55.0 Å². The number of nitrogens with zero attached hydrogens (tertiary/aromatic N) is 1. The van der Waals surface area contributed by atoms with Gasteiger partial charge in [-0.1, -0.05) is 79.9 Å². The molecule has 0 spiro atoms. The summed E-state index contributed by atoms with van der Waals surface area (Å²) < 4.78 is 7.78. The fourth-order valence-electron chi connectivity index (χ4n) is 4.62. The third-order valence-corrected chi connectivity index (χ3v) is 6.09. The smallest absolute Gasteiger partial charge is 0.338 e. The van der Waals surface area contributed by atoms with Crippen molar-refractivity contribution < 1.29 is 9.53 Å². The number of benzene rings is 4. The van der Waals surface area contributed by atoms with Gasteiger partial charge < -0.3 is 9.30 Å². The molecule has 1 heterocycles. The summed E-state index contributed by atoms with van der Waals surface area (Å²) in [6.07, 6.45) is 5.16. The number of rotatable bonds is 5. The summed E-state index contributed by atoms with van der Waals surface area (Å²) in [6.45, 7) is 11.1. The van der Waals surface area contributed by atoms with Gasteiger partial charge in [-0.2, -0.15) is 0 Å². The van der Waals surface area contributed by atoms with Crippen LogP contribution in [0.25, 0.3) is 49.0 Å². The van der Waals surface area contributed by atoms with E-state index < -0.39 is 5.97 Å². The summed E-state index contributed by atoms with van der Waals surface area (Å²) >= 11 is 0. The molecule has 0 atom stereocenters. The molecule has 1 aromatic heterocycles. The molecule has 5 aromatic rings. The Hall–Kier alpha value is -4.37. The fraction of sp³-hybridized carbons (Fsp3) is 0.0645. The second-order valence-corrected chi connectivity index (χ2v) is 8.46. The zero-order valence-electron chi connectivity index (χ0n) is 19.3. The number of allylic oxidation sites excluding steroid dienone is 4. The largest absolute Gasteiger partial charge is 0.423 e. The van der Waals surface area contributed by atoms with Gasteiger partial charge in [-0.05, 0) is 53.6 Å². The minimum atomic E-state index is -0.462. The lowest BCUT2D eigenvalue weighted by Crippen LogP contribution is -2.04. The first-order valence-electron chi connectivity index (χ1n) is 11.2. The van der Waals surface area contributed by atoms with Crippen LogP contribution in [0.15, 0.2) is 116 Å². The highest BCUT2D eigenvalue weighted by Crippen LogP contribution is 2.40. The van der Waals surface area contributed by atoms with Crippen LogP contribution in [0, 0.1) is 0 Å². The molecular formula is C31H25NO2. The van der Waals surface area contributed by atoms with Crippen LogP contribution in [0.1, 0.15) is 13.8 Å². The summed E-state index contributed by atoms with van der Waals surface area (Å²) in [5.41, 5.74) is 3.47. The predicted molar refractivity (Wildman–Crippen MR) is 144 cm³/mol. The second kappa shape index (κ2) is 8.53. The summed E-state index contributed by atoms with van der Waals surface area (Å²) in [5, 5.41) is 7.25. The molecule has 0 bridgehead atoms. The van der Waals surface area contributed by atoms with Crippen molar-refractivity contribution in [1.82, 2.24) is 4.57 Å². The third-order valence-electron chi connectivity index (χ3n) is 6.09. The van der Waals surface area contributed by atoms with Crippen LogP contribution in [0.2, 0.25) is 0 Å². The highest BCUT2D eigenvalue weighted by atomic mass is 16.5. The van der Waals surface area contributed by atoms with Crippen molar-refractivity contribution in [1.29, 1.82) is 0 Å². The van der Waals surface area contributed by atoms with E-state index in [4.69, 9.17) is 4.74 Å². The van der Waals surface area contributed by atoms with Crippen LogP contribution in [0.4, 0.5) is 0 Å². The monoisotopic (exact) mass is 443 g/mol. The first-order chi connectivity index (χ1) is 16.5. The highest BCUT2D eigenvalue weighted by molar-refractivity contribution is 6.28. The molecule has 0 amide bonds. The summed E-state index contributed by atoms with van der Waals surface area (Å²) in [7, 11) is 0. The maximum absolute atomic E-state index is 12.2. The van der Waals surface area contributed by atoms with Gasteiger partial charge in [-0.15, -0.1) is 0 Å². The first-order valence-corrected chi connectivity index (χ1v) is 11.2. The highest BCUT2D eigenvalue weighted by Gasteiger charge is 2.17. The van der Waals surface area contributed by atoms with Crippen molar-refractivity contribution in [2.45, 2.75) is 13.8 Å². The van der Waals surface area contributed by atoms with E-state index in [0.717, 1.165) is 16.7 Å². The first kappa shape index (κ1) is 21.5. The molecule has 34 heavy (non-hydrogen) atoms. The van der Waals surface area contributed by atoms with Gasteiger partial charge in [0.2, 0.25) is 0 Å². The Kier molecular flexibility index (Phi) is 5.39. The lowest BCUT2D eigenvalue weighted by atomic mass is 10.00. The Bertz CT molecular complexity index is 1600. The molecule has 3 heteroatoms. The molecule has 0 aliphatic carbocycles. The molecule has 0 radical (unpaired) electrons. The lowest BCUT2D eigenvalue weighted by Gasteiger charge is -2.11. The van der Waals surface area contributed by atoms with Gasteiger partial charge in [0.1, 0.15) is 5.76 Å². The number of esters is 1. The average Bonchev–Trinajstić information content (AvgIpc) is 3.19. The second-order valence-electron chi connectivity index (χ2n) is 8.46. The number of fused-ring (bicyclic) bond motifs is 7. The van der Waals surface area contributed by atoms with Crippen LogP contribution in [-0.4, -0.2) is 10.5 Å². The Morgan fingerprint density at radius 2 is 1.35 bits per heavy atom. The van der Waals surface area contributed by atoms with Crippen LogP contribution in [0.3, 0.4) is 0 Å². The molecule has 0 fully saturated rings. The zero-order valence-corrected chi connectivity index (χ0v) is 19.3. The van der Waals surface area contributed by atoms with Crippen LogP contribution in [-0.2, 0) is 9.53 Å². The molecule has 3 nitrogen and oxygen atoms in total. The molecular weight excluding hydrogens is 418 g/mol. The lowest BCUT2D eigenvalue weighted by molar-refractivity contribution is -0.134. The van der Waals surface area contributed by atoms with Gasteiger partial charge in [0.25, 0.3) is 0 Å². The van der Waals surface area contributed by atoms with Crippen LogP contribution in [0.5, 0.6) is 0 Å². The van der Waals surface area contributed by atoms with Crippen molar-refractivity contribution in [2.75, 3.05) is 0 Å². The Labute approximate surface area is 198 Å². The fourth-order valence-corrected chi connectivity index (χ4v) is 4.62. The Morgan fingerprint density at radius 1 is 0.824 bits per heavy atom. The van der Waals surface area contributed by atoms with Crippen molar-refractivity contribution in [3.8, 4) is 0 Å². The third kappa shape index (κ3) is 3.52. The molecule has 0 saturated heterocycles. The summed E-state index contributed by atoms with van der Waals surface area (Å²) in [6, 6.07) is 25.6. The van der Waals surface area contributed by atoms with E-state index in [-0.39, 0.29) is 0 Å². The Balaban J connectivity index is 1.86. The summed E-state index contributed by atoms with van der Waals surface area (Å²) in [4.78, 5) is 12.2. The van der Waals surface area contributed by atoms with E-state index in [1.54, 1.807) is 19.1 Å². The maximum Gasteiger partial charge on any atom is 0.338 e. The van der Waals surface area contributed by atoms with Crippen molar-refractivity contribution in [3.05, 3.63) is 116 Å². The van der Waals surface area contributed by atoms with Gasteiger partial charge in [0.15, 0.2) is 0 Å². The van der Waals surface area contributed by atoms with Gasteiger partial charge in [-0.3, -0.25) is 0 Å². The number of hydrogen-bond donors (Lipinski definition) is 0. The molecule has 166 valence electrons. The summed E-state index contributed by atoms with van der Waals surface area (Å²) in [5.74, 6) is -0.0477. The van der Waals surface area contributed by atoms with Gasteiger partial charge >= 0.3 is 5.97 Å². The number of ether oxygens (including phenoxy) is 1. The van der Waals surface area contributed by atoms with Crippen molar-refractivity contribution in [2.24, 2.45) is 0 Å². The average molecular weight is 444 g/mol. The number of hydrogen-bond acceptors (Lipinski definition) is 2.